The maximum atomic E-state index is 12.8. The molecule has 1 atom stereocenters. The van der Waals surface area contributed by atoms with Crippen molar-refractivity contribution in [2.24, 2.45) is 0 Å². The minimum absolute atomic E-state index is 0.137. The predicted molar refractivity (Wildman–Crippen MR) is 125 cm³/mol. The topological polar surface area (TPSA) is 44.8 Å². The first kappa shape index (κ1) is 19.9. The number of carbonyl (C=O) groups excluding carboxylic acids is 1. The summed E-state index contributed by atoms with van der Waals surface area (Å²) in [4.78, 5) is 12.8. The van der Waals surface area contributed by atoms with Crippen molar-refractivity contribution in [2.45, 2.75) is 13.0 Å². The standard InChI is InChI=1S/C28H22O4/c1-19-22(16-21-11-5-6-12-25(21)31-19)17-27-28(29)24-14-13-23(18-26(24)32-27)30-15-7-10-20-8-3-2-4-9-20/h2-14,16-19H,15H2,1H3/b10-7+,27-17-/t19-/m1/s1. The highest BCUT2D eigenvalue weighted by Crippen LogP contribution is 2.36. The van der Waals surface area contributed by atoms with Gasteiger partial charge in [-0.1, -0.05) is 54.6 Å². The van der Waals surface area contributed by atoms with E-state index < -0.39 is 0 Å². The fourth-order valence-electron chi connectivity index (χ4n) is 3.72. The van der Waals surface area contributed by atoms with Gasteiger partial charge in [-0.15, -0.1) is 0 Å². The van der Waals surface area contributed by atoms with E-state index in [1.54, 1.807) is 24.3 Å². The van der Waals surface area contributed by atoms with E-state index in [4.69, 9.17) is 14.2 Å². The van der Waals surface area contributed by atoms with E-state index >= 15 is 0 Å². The summed E-state index contributed by atoms with van der Waals surface area (Å²) in [7, 11) is 0. The number of fused-ring (bicyclic) bond motifs is 2. The van der Waals surface area contributed by atoms with Crippen LogP contribution in [0.15, 0.2) is 96.3 Å². The molecule has 32 heavy (non-hydrogen) atoms. The van der Waals surface area contributed by atoms with Gasteiger partial charge in [0.2, 0.25) is 5.78 Å². The van der Waals surface area contributed by atoms with E-state index in [1.807, 2.05) is 79.7 Å². The molecule has 2 aliphatic rings. The Hall–Kier alpha value is -4.05. The third-order valence-corrected chi connectivity index (χ3v) is 5.41. The van der Waals surface area contributed by atoms with E-state index in [1.165, 1.54) is 0 Å². The SMILES string of the molecule is C[C@H]1Oc2ccccc2C=C1/C=C1\Oc2cc(OC/C=C/c3ccccc3)ccc2C1=O. The minimum Gasteiger partial charge on any atom is -0.489 e. The molecule has 0 spiro atoms. The second kappa shape index (κ2) is 8.60. The van der Waals surface area contributed by atoms with Gasteiger partial charge < -0.3 is 14.2 Å². The van der Waals surface area contributed by atoms with Gasteiger partial charge in [0.1, 0.15) is 30.0 Å². The van der Waals surface area contributed by atoms with Crippen molar-refractivity contribution < 1.29 is 19.0 Å². The first-order chi connectivity index (χ1) is 15.7. The lowest BCUT2D eigenvalue weighted by molar-refractivity contribution is 0.101. The first-order valence-corrected chi connectivity index (χ1v) is 10.6. The lowest BCUT2D eigenvalue weighted by atomic mass is 10.0. The van der Waals surface area contributed by atoms with Gasteiger partial charge >= 0.3 is 0 Å². The number of benzene rings is 3. The second-order valence-corrected chi connectivity index (χ2v) is 7.66. The summed E-state index contributed by atoms with van der Waals surface area (Å²) in [5, 5.41) is 0. The molecule has 2 aliphatic heterocycles. The molecule has 2 heterocycles. The summed E-state index contributed by atoms with van der Waals surface area (Å²) in [5.74, 6) is 2.16. The molecule has 0 aliphatic carbocycles. The molecule has 4 nitrogen and oxygen atoms in total. The number of para-hydroxylation sites is 1. The lowest BCUT2D eigenvalue weighted by Gasteiger charge is -2.22. The van der Waals surface area contributed by atoms with Gasteiger partial charge in [-0.3, -0.25) is 4.79 Å². The van der Waals surface area contributed by atoms with Crippen LogP contribution < -0.4 is 14.2 Å². The van der Waals surface area contributed by atoms with Gasteiger partial charge in [-0.05, 0) is 54.5 Å². The smallest absolute Gasteiger partial charge is 0.231 e. The van der Waals surface area contributed by atoms with Crippen LogP contribution in [0.4, 0.5) is 0 Å². The zero-order chi connectivity index (χ0) is 21.9. The van der Waals surface area contributed by atoms with E-state index in [2.05, 4.69) is 0 Å². The van der Waals surface area contributed by atoms with Crippen LogP contribution in [-0.2, 0) is 0 Å². The Morgan fingerprint density at radius 1 is 0.969 bits per heavy atom. The molecule has 158 valence electrons. The van der Waals surface area contributed by atoms with E-state index in [0.29, 0.717) is 29.4 Å². The number of hydrogen-bond acceptors (Lipinski definition) is 4. The quantitative estimate of drug-likeness (QED) is 0.466. The number of rotatable bonds is 5. The molecule has 4 heteroatoms. The Balaban J connectivity index is 1.30. The van der Waals surface area contributed by atoms with Gasteiger partial charge in [0.05, 0.1) is 5.56 Å². The van der Waals surface area contributed by atoms with Crippen molar-refractivity contribution in [3.8, 4) is 17.2 Å². The number of hydrogen-bond donors (Lipinski definition) is 0. The van der Waals surface area contributed by atoms with Crippen LogP contribution >= 0.6 is 0 Å². The van der Waals surface area contributed by atoms with Gasteiger partial charge in [0.15, 0.2) is 5.76 Å². The van der Waals surface area contributed by atoms with Crippen molar-refractivity contribution in [1.82, 2.24) is 0 Å². The average Bonchev–Trinajstić information content (AvgIpc) is 3.12. The van der Waals surface area contributed by atoms with Crippen molar-refractivity contribution in [1.29, 1.82) is 0 Å². The largest absolute Gasteiger partial charge is 0.489 e. The number of ketones is 1. The molecular formula is C28H22O4. The first-order valence-electron chi connectivity index (χ1n) is 10.6. The maximum absolute atomic E-state index is 12.8. The third kappa shape index (κ3) is 4.08. The summed E-state index contributed by atoms with van der Waals surface area (Å²) < 4.78 is 17.7. The fraction of sp³-hybridized carbons (Fsp3) is 0.107. The van der Waals surface area contributed by atoms with Gasteiger partial charge in [0.25, 0.3) is 0 Å². The highest BCUT2D eigenvalue weighted by Gasteiger charge is 2.29. The Morgan fingerprint density at radius 3 is 2.66 bits per heavy atom. The molecule has 0 saturated carbocycles. The molecule has 0 amide bonds. The van der Waals surface area contributed by atoms with Crippen LogP contribution in [0.5, 0.6) is 17.2 Å². The Morgan fingerprint density at radius 2 is 1.78 bits per heavy atom. The summed E-state index contributed by atoms with van der Waals surface area (Å²) in [6.07, 6.45) is 7.59. The van der Waals surface area contributed by atoms with E-state index in [-0.39, 0.29) is 11.9 Å². The highest BCUT2D eigenvalue weighted by molar-refractivity contribution is 6.12. The van der Waals surface area contributed by atoms with Crippen LogP contribution in [0.1, 0.15) is 28.4 Å². The Bertz CT molecular complexity index is 1250. The van der Waals surface area contributed by atoms with E-state index in [9.17, 15) is 4.79 Å². The Labute approximate surface area is 187 Å². The maximum Gasteiger partial charge on any atom is 0.231 e. The molecule has 3 aromatic rings. The molecule has 0 fully saturated rings. The van der Waals surface area contributed by atoms with Gasteiger partial charge in [-0.25, -0.2) is 0 Å². The third-order valence-electron chi connectivity index (χ3n) is 5.41. The van der Waals surface area contributed by atoms with E-state index in [0.717, 1.165) is 22.4 Å². The average molecular weight is 422 g/mol. The minimum atomic E-state index is -0.173. The van der Waals surface area contributed by atoms with Crippen molar-refractivity contribution in [3.63, 3.8) is 0 Å². The summed E-state index contributed by atoms with van der Waals surface area (Å²) in [6, 6.07) is 23.2. The fourth-order valence-corrected chi connectivity index (χ4v) is 3.72. The molecule has 0 aromatic heterocycles. The number of ether oxygens (including phenoxy) is 3. The molecular weight excluding hydrogens is 400 g/mol. The van der Waals surface area contributed by atoms with Crippen LogP contribution in [0.25, 0.3) is 12.2 Å². The molecule has 0 radical (unpaired) electrons. The van der Waals surface area contributed by atoms with Crippen LogP contribution in [0.3, 0.4) is 0 Å². The monoisotopic (exact) mass is 422 g/mol. The summed E-state index contributed by atoms with van der Waals surface area (Å²) in [5.41, 5.74) is 3.53. The molecule has 0 N–H and O–H groups in total. The van der Waals surface area contributed by atoms with Crippen molar-refractivity contribution in [3.05, 3.63) is 113 Å². The second-order valence-electron chi connectivity index (χ2n) is 7.66. The zero-order valence-corrected chi connectivity index (χ0v) is 17.7. The summed E-state index contributed by atoms with van der Waals surface area (Å²) in [6.45, 7) is 2.38. The Kier molecular flexibility index (Phi) is 5.34. The van der Waals surface area contributed by atoms with Gasteiger partial charge in [0, 0.05) is 11.6 Å². The van der Waals surface area contributed by atoms with Crippen molar-refractivity contribution in [2.75, 3.05) is 6.61 Å². The van der Waals surface area contributed by atoms with Crippen LogP contribution in [0.2, 0.25) is 0 Å². The summed E-state index contributed by atoms with van der Waals surface area (Å²) >= 11 is 0. The van der Waals surface area contributed by atoms with Crippen LogP contribution in [0, 0.1) is 0 Å². The number of Topliss-reactive ketones (excluding diaryl/α,β-unsaturated/α-hetero) is 1. The molecule has 0 bridgehead atoms. The number of allylic oxidation sites excluding steroid dienone is 1. The molecule has 5 rings (SSSR count). The molecule has 0 saturated heterocycles. The lowest BCUT2D eigenvalue weighted by Crippen LogP contribution is -2.18. The van der Waals surface area contributed by atoms with Gasteiger partial charge in [-0.2, -0.15) is 0 Å². The normalized spacial score (nSPS) is 18.0. The highest BCUT2D eigenvalue weighted by atomic mass is 16.5. The zero-order valence-electron chi connectivity index (χ0n) is 17.7. The van der Waals surface area contributed by atoms with Crippen molar-refractivity contribution >= 4 is 17.9 Å². The molecule has 0 unspecified atom stereocenters. The van der Waals surface area contributed by atoms with Crippen LogP contribution in [-0.4, -0.2) is 18.5 Å². The number of carbonyl (C=O) groups is 1. The predicted octanol–water partition coefficient (Wildman–Crippen LogP) is 6.10. The molecule has 3 aromatic carbocycles.